The fraction of sp³-hybridized carbons (Fsp3) is 0.250. The summed E-state index contributed by atoms with van der Waals surface area (Å²) in [7, 11) is 1.46. The Morgan fingerprint density at radius 3 is 2.57 bits per heavy atom. The first-order valence-corrected chi connectivity index (χ1v) is 7.66. The van der Waals surface area contributed by atoms with E-state index >= 15 is 0 Å². The van der Waals surface area contributed by atoms with Gasteiger partial charge in [0.15, 0.2) is 0 Å². The van der Waals surface area contributed by atoms with Gasteiger partial charge in [-0.3, -0.25) is 4.79 Å². The fourth-order valence-electron chi connectivity index (χ4n) is 2.02. The van der Waals surface area contributed by atoms with Gasteiger partial charge >= 0.3 is 0 Å². The van der Waals surface area contributed by atoms with Gasteiger partial charge in [0.1, 0.15) is 19.2 Å². The van der Waals surface area contributed by atoms with Gasteiger partial charge < -0.3 is 4.84 Å². The molecule has 0 aliphatic heterocycles. The number of rotatable bonds is 7. The SMILES string of the molecule is CO/N=C(\CCC(=O)Cc1cncnc1)c1ccc(Cl)c(Cl)c1. The first-order chi connectivity index (χ1) is 11.1. The number of ketones is 1. The Hall–Kier alpha value is -1.98. The average Bonchev–Trinajstić information content (AvgIpc) is 2.55. The first-order valence-electron chi connectivity index (χ1n) is 6.91. The van der Waals surface area contributed by atoms with E-state index in [-0.39, 0.29) is 5.78 Å². The average molecular weight is 352 g/mol. The van der Waals surface area contributed by atoms with Crippen LogP contribution in [-0.2, 0) is 16.1 Å². The van der Waals surface area contributed by atoms with E-state index < -0.39 is 0 Å². The second-order valence-electron chi connectivity index (χ2n) is 4.81. The predicted octanol–water partition coefficient (Wildman–Crippen LogP) is 3.73. The molecule has 1 heterocycles. The summed E-state index contributed by atoms with van der Waals surface area (Å²) in [6.45, 7) is 0. The lowest BCUT2D eigenvalue weighted by molar-refractivity contribution is -0.118. The number of halogens is 2. The number of aromatic nitrogens is 2. The number of Topliss-reactive ketones (excluding diaryl/α,β-unsaturated/α-hetero) is 1. The van der Waals surface area contributed by atoms with Crippen molar-refractivity contribution in [3.63, 3.8) is 0 Å². The zero-order valence-electron chi connectivity index (χ0n) is 12.5. The topological polar surface area (TPSA) is 64.4 Å². The van der Waals surface area contributed by atoms with Crippen molar-refractivity contribution in [1.82, 2.24) is 9.97 Å². The van der Waals surface area contributed by atoms with Crippen LogP contribution in [0.5, 0.6) is 0 Å². The molecule has 120 valence electrons. The van der Waals surface area contributed by atoms with Gasteiger partial charge in [-0.05, 0) is 17.7 Å². The van der Waals surface area contributed by atoms with E-state index in [0.29, 0.717) is 35.0 Å². The minimum Gasteiger partial charge on any atom is -0.399 e. The summed E-state index contributed by atoms with van der Waals surface area (Å²) < 4.78 is 0. The van der Waals surface area contributed by atoms with E-state index in [1.165, 1.54) is 13.4 Å². The summed E-state index contributed by atoms with van der Waals surface area (Å²) in [4.78, 5) is 24.7. The van der Waals surface area contributed by atoms with Gasteiger partial charge in [-0.2, -0.15) is 0 Å². The minimum atomic E-state index is 0.0728. The largest absolute Gasteiger partial charge is 0.399 e. The molecule has 2 aromatic rings. The Balaban J connectivity index is 2.01. The third-order valence-electron chi connectivity index (χ3n) is 3.11. The lowest BCUT2D eigenvalue weighted by atomic mass is 10.0. The molecule has 7 heteroatoms. The van der Waals surface area contributed by atoms with Gasteiger partial charge in [-0.1, -0.05) is 34.4 Å². The van der Waals surface area contributed by atoms with Crippen molar-refractivity contribution >= 4 is 34.7 Å². The molecule has 1 aromatic heterocycles. The van der Waals surface area contributed by atoms with Gasteiger partial charge in [0.25, 0.3) is 0 Å². The molecule has 0 radical (unpaired) electrons. The Morgan fingerprint density at radius 1 is 1.17 bits per heavy atom. The second-order valence-corrected chi connectivity index (χ2v) is 5.63. The maximum absolute atomic E-state index is 12.1. The van der Waals surface area contributed by atoms with Gasteiger partial charge in [0, 0.05) is 37.2 Å². The number of nitrogens with zero attached hydrogens (tertiary/aromatic N) is 3. The molecule has 0 saturated carbocycles. The highest BCUT2D eigenvalue weighted by Gasteiger charge is 2.11. The van der Waals surface area contributed by atoms with Crippen molar-refractivity contribution < 1.29 is 9.63 Å². The lowest BCUT2D eigenvalue weighted by Gasteiger charge is -2.07. The normalized spacial score (nSPS) is 11.3. The van der Waals surface area contributed by atoms with Crippen LogP contribution in [0.15, 0.2) is 42.1 Å². The fourth-order valence-corrected chi connectivity index (χ4v) is 2.32. The summed E-state index contributed by atoms with van der Waals surface area (Å²) >= 11 is 11.9. The van der Waals surface area contributed by atoms with Crippen LogP contribution < -0.4 is 0 Å². The molecule has 0 atom stereocenters. The van der Waals surface area contributed by atoms with E-state index in [2.05, 4.69) is 15.1 Å². The van der Waals surface area contributed by atoms with E-state index in [0.717, 1.165) is 11.1 Å². The van der Waals surface area contributed by atoms with Gasteiger partial charge in [0.2, 0.25) is 0 Å². The van der Waals surface area contributed by atoms with Crippen LogP contribution in [0, 0.1) is 0 Å². The Labute approximate surface area is 144 Å². The van der Waals surface area contributed by atoms with Crippen LogP contribution in [0.2, 0.25) is 10.0 Å². The molecule has 2 rings (SSSR count). The number of oxime groups is 1. The first kappa shape index (κ1) is 17.4. The molecule has 0 bridgehead atoms. The maximum Gasteiger partial charge on any atom is 0.137 e. The van der Waals surface area contributed by atoms with Crippen molar-refractivity contribution in [2.45, 2.75) is 19.3 Å². The van der Waals surface area contributed by atoms with Crippen LogP contribution in [0.3, 0.4) is 0 Å². The van der Waals surface area contributed by atoms with Crippen molar-refractivity contribution in [3.8, 4) is 0 Å². The van der Waals surface area contributed by atoms with E-state index in [4.69, 9.17) is 28.0 Å². The molecule has 0 aliphatic carbocycles. The molecule has 0 aliphatic rings. The number of benzene rings is 1. The van der Waals surface area contributed by atoms with Crippen LogP contribution in [0.1, 0.15) is 24.0 Å². The van der Waals surface area contributed by atoms with Gasteiger partial charge in [-0.25, -0.2) is 9.97 Å². The molecule has 0 saturated heterocycles. The predicted molar refractivity (Wildman–Crippen MR) is 90.0 cm³/mol. The number of hydrogen-bond donors (Lipinski definition) is 0. The minimum absolute atomic E-state index is 0.0728. The Bertz CT molecular complexity index is 706. The Kier molecular flexibility index (Phi) is 6.50. The molecule has 0 unspecified atom stereocenters. The molecule has 0 amide bonds. The monoisotopic (exact) mass is 351 g/mol. The highest BCUT2D eigenvalue weighted by atomic mass is 35.5. The molecule has 23 heavy (non-hydrogen) atoms. The van der Waals surface area contributed by atoms with Gasteiger partial charge in [-0.15, -0.1) is 0 Å². The smallest absolute Gasteiger partial charge is 0.137 e. The summed E-state index contributed by atoms with van der Waals surface area (Å²) in [5, 5.41) is 4.88. The lowest BCUT2D eigenvalue weighted by Crippen LogP contribution is -2.09. The maximum atomic E-state index is 12.1. The molecule has 5 nitrogen and oxygen atoms in total. The third-order valence-corrected chi connectivity index (χ3v) is 3.85. The van der Waals surface area contributed by atoms with Crippen LogP contribution in [-0.4, -0.2) is 28.6 Å². The van der Waals surface area contributed by atoms with Crippen molar-refractivity contribution in [2.24, 2.45) is 5.16 Å². The molecular formula is C16H15Cl2N3O2. The number of carbonyl (C=O) groups is 1. The Morgan fingerprint density at radius 2 is 1.91 bits per heavy atom. The van der Waals surface area contributed by atoms with E-state index in [9.17, 15) is 4.79 Å². The highest BCUT2D eigenvalue weighted by molar-refractivity contribution is 6.42. The van der Waals surface area contributed by atoms with Crippen LogP contribution >= 0.6 is 23.2 Å². The van der Waals surface area contributed by atoms with E-state index in [1.807, 2.05) is 0 Å². The molecule has 0 spiro atoms. The quantitative estimate of drug-likeness (QED) is 0.563. The van der Waals surface area contributed by atoms with Crippen molar-refractivity contribution in [2.75, 3.05) is 7.11 Å². The van der Waals surface area contributed by atoms with Crippen molar-refractivity contribution in [1.29, 1.82) is 0 Å². The van der Waals surface area contributed by atoms with E-state index in [1.54, 1.807) is 30.6 Å². The van der Waals surface area contributed by atoms with Crippen LogP contribution in [0.4, 0.5) is 0 Å². The second kappa shape index (κ2) is 8.60. The third kappa shape index (κ3) is 5.30. The number of carbonyl (C=O) groups excluding carboxylic acids is 1. The molecular weight excluding hydrogens is 337 g/mol. The standard InChI is InChI=1S/C16H15Cl2N3O2/c1-23-21-16(12-2-4-14(17)15(18)7-12)5-3-13(22)6-11-8-19-10-20-9-11/h2,4,7-10H,3,5-6H2,1H3/b21-16+. The zero-order chi connectivity index (χ0) is 16.7. The molecule has 0 fully saturated rings. The summed E-state index contributed by atoms with van der Waals surface area (Å²) in [5.41, 5.74) is 2.21. The summed E-state index contributed by atoms with van der Waals surface area (Å²) in [6.07, 6.45) is 5.77. The molecule has 0 N–H and O–H groups in total. The number of hydrogen-bond acceptors (Lipinski definition) is 5. The molecule has 1 aromatic carbocycles. The summed E-state index contributed by atoms with van der Waals surface area (Å²) in [6, 6.07) is 5.19. The summed E-state index contributed by atoms with van der Waals surface area (Å²) in [5.74, 6) is 0.0728. The van der Waals surface area contributed by atoms with Crippen molar-refractivity contribution in [3.05, 3.63) is 58.1 Å². The zero-order valence-corrected chi connectivity index (χ0v) is 14.0. The highest BCUT2D eigenvalue weighted by Crippen LogP contribution is 2.23. The van der Waals surface area contributed by atoms with Crippen LogP contribution in [0.25, 0.3) is 0 Å². The van der Waals surface area contributed by atoms with Gasteiger partial charge in [0.05, 0.1) is 15.8 Å².